The number of benzene rings is 2. The van der Waals surface area contributed by atoms with Crippen LogP contribution in [0.4, 0.5) is 0 Å². The fourth-order valence-corrected chi connectivity index (χ4v) is 3.07. The summed E-state index contributed by atoms with van der Waals surface area (Å²) in [6.45, 7) is 12.9. The molecule has 4 rings (SSSR count). The van der Waals surface area contributed by atoms with Crippen molar-refractivity contribution < 1.29 is 20.8 Å². The average Bonchev–Trinajstić information content (AvgIpc) is 3.34. The van der Waals surface area contributed by atoms with Crippen molar-refractivity contribution in [1.29, 1.82) is 0 Å². The molecule has 28 heavy (non-hydrogen) atoms. The number of hydrogen-bond donors (Lipinski definition) is 0. The first-order chi connectivity index (χ1) is 13.4. The summed E-state index contributed by atoms with van der Waals surface area (Å²) in [5.41, 5.74) is 5.48. The summed E-state index contributed by atoms with van der Waals surface area (Å²) >= 11 is -0.826. The zero-order valence-electron chi connectivity index (χ0n) is 17.5. The third kappa shape index (κ3) is 7.30. The molecular formula is C24H28Cl2SiZr. The number of rotatable bonds is 0. The molecule has 4 aromatic rings. The van der Waals surface area contributed by atoms with Gasteiger partial charge in [0.05, 0.1) is 0 Å². The van der Waals surface area contributed by atoms with Gasteiger partial charge in [-0.15, -0.1) is 56.9 Å². The SMILES string of the molecule is C[Si]C.Cc1ccc(C)c2[cH-]ccc12.Cc1ccc(C)c2[cH-]ccc12.[Cl][Zr+2][Cl]. The van der Waals surface area contributed by atoms with Crippen molar-refractivity contribution in [2.75, 3.05) is 0 Å². The van der Waals surface area contributed by atoms with Gasteiger partial charge in [-0.1, -0.05) is 50.2 Å². The molecule has 0 aliphatic heterocycles. The van der Waals surface area contributed by atoms with E-state index in [1.54, 1.807) is 0 Å². The van der Waals surface area contributed by atoms with Crippen molar-refractivity contribution in [2.45, 2.75) is 40.8 Å². The van der Waals surface area contributed by atoms with Gasteiger partial charge in [0.2, 0.25) is 0 Å². The van der Waals surface area contributed by atoms with Gasteiger partial charge >= 0.3 is 37.9 Å². The van der Waals surface area contributed by atoms with Gasteiger partial charge in [-0.25, -0.2) is 0 Å². The monoisotopic (exact) mass is 504 g/mol. The number of halogens is 2. The molecule has 0 aliphatic rings. The van der Waals surface area contributed by atoms with Crippen LogP contribution >= 0.6 is 17.0 Å². The molecule has 0 bridgehead atoms. The van der Waals surface area contributed by atoms with Crippen LogP contribution in [-0.4, -0.2) is 9.52 Å². The van der Waals surface area contributed by atoms with Crippen LogP contribution in [0.25, 0.3) is 21.5 Å². The molecule has 0 spiro atoms. The molecule has 4 aromatic carbocycles. The Balaban J connectivity index is 0.000000220. The van der Waals surface area contributed by atoms with E-state index in [0.29, 0.717) is 0 Å². The minimum atomic E-state index is -0.826. The van der Waals surface area contributed by atoms with Gasteiger partial charge < -0.3 is 0 Å². The van der Waals surface area contributed by atoms with Gasteiger partial charge in [-0.2, -0.15) is 24.3 Å². The van der Waals surface area contributed by atoms with Gasteiger partial charge in [0, 0.05) is 9.52 Å². The maximum absolute atomic E-state index is 4.93. The molecule has 0 N–H and O–H groups in total. The number of fused-ring (bicyclic) bond motifs is 2. The van der Waals surface area contributed by atoms with Crippen LogP contribution in [0.15, 0.2) is 60.7 Å². The zero-order valence-corrected chi connectivity index (χ0v) is 22.5. The van der Waals surface area contributed by atoms with Gasteiger partial charge in [0.25, 0.3) is 0 Å². The van der Waals surface area contributed by atoms with Crippen molar-refractivity contribution in [2.24, 2.45) is 0 Å². The van der Waals surface area contributed by atoms with Crippen molar-refractivity contribution in [3.05, 3.63) is 82.9 Å². The molecule has 0 saturated carbocycles. The van der Waals surface area contributed by atoms with Crippen LogP contribution in [0.5, 0.6) is 0 Å². The third-order valence-electron chi connectivity index (χ3n) is 4.50. The molecule has 0 aromatic heterocycles. The predicted molar refractivity (Wildman–Crippen MR) is 127 cm³/mol. The molecule has 2 radical (unpaired) electrons. The Bertz CT molecular complexity index is 817. The second kappa shape index (κ2) is 13.5. The summed E-state index contributed by atoms with van der Waals surface area (Å²) in [5, 5.41) is 5.57. The molecule has 0 aliphatic carbocycles. The first-order valence-electron chi connectivity index (χ1n) is 9.19. The first kappa shape index (κ1) is 25.4. The Morgan fingerprint density at radius 3 is 1.21 bits per heavy atom. The summed E-state index contributed by atoms with van der Waals surface area (Å²) in [4.78, 5) is 0. The summed E-state index contributed by atoms with van der Waals surface area (Å²) in [5.74, 6) is 0. The zero-order chi connectivity index (χ0) is 21.1. The van der Waals surface area contributed by atoms with E-state index in [9.17, 15) is 0 Å². The van der Waals surface area contributed by atoms with Gasteiger partial charge in [-0.3, -0.25) is 0 Å². The van der Waals surface area contributed by atoms with Crippen LogP contribution in [0.3, 0.4) is 0 Å². The molecule has 0 nitrogen and oxygen atoms in total. The summed E-state index contributed by atoms with van der Waals surface area (Å²) in [6, 6.07) is 21.7. The Hall–Kier alpha value is -0.660. The van der Waals surface area contributed by atoms with Crippen molar-refractivity contribution in [3.8, 4) is 0 Å². The van der Waals surface area contributed by atoms with E-state index < -0.39 is 20.8 Å². The third-order valence-corrected chi connectivity index (χ3v) is 4.50. The van der Waals surface area contributed by atoms with Crippen LogP contribution in [0, 0.1) is 27.7 Å². The Labute approximate surface area is 191 Å². The Morgan fingerprint density at radius 1 is 0.643 bits per heavy atom. The Morgan fingerprint density at radius 2 is 0.929 bits per heavy atom. The van der Waals surface area contributed by atoms with Crippen LogP contribution < -0.4 is 0 Å². The molecule has 0 saturated heterocycles. The second-order valence-electron chi connectivity index (χ2n) is 6.68. The van der Waals surface area contributed by atoms with E-state index in [4.69, 9.17) is 17.0 Å². The standard InChI is InChI=1S/2C11H11.C2H6Si.2ClH.Zr/c2*1-8-6-7-9(2)11-5-3-4-10(8)11;1-3-2;;;/h2*3-7H,1-2H3;1-2H3;2*1H;/q2*-1;;;;+4/p-2. The quantitative estimate of drug-likeness (QED) is 0.166. The molecular weight excluding hydrogens is 478 g/mol. The van der Waals surface area contributed by atoms with Crippen molar-refractivity contribution in [1.82, 2.24) is 0 Å². The Kier molecular flexibility index (Phi) is 12.3. The number of hydrogen-bond acceptors (Lipinski definition) is 0. The summed E-state index contributed by atoms with van der Waals surface area (Å²) < 4.78 is 0. The topological polar surface area (TPSA) is 0 Å². The van der Waals surface area contributed by atoms with Crippen LogP contribution in [0.2, 0.25) is 13.1 Å². The molecule has 0 unspecified atom stereocenters. The first-order valence-corrected chi connectivity index (χ1v) is 17.5. The van der Waals surface area contributed by atoms with E-state index >= 15 is 0 Å². The fourth-order valence-electron chi connectivity index (χ4n) is 3.07. The van der Waals surface area contributed by atoms with Gasteiger partial charge in [0.15, 0.2) is 0 Å². The summed E-state index contributed by atoms with van der Waals surface area (Å²) in [6.07, 6.45) is 0. The summed E-state index contributed by atoms with van der Waals surface area (Å²) in [7, 11) is 11.0. The predicted octanol–water partition coefficient (Wildman–Crippen LogP) is 8.51. The van der Waals surface area contributed by atoms with Crippen LogP contribution in [-0.2, 0) is 20.8 Å². The van der Waals surface area contributed by atoms with Crippen LogP contribution in [0.1, 0.15) is 22.3 Å². The van der Waals surface area contributed by atoms with E-state index in [0.717, 1.165) is 9.52 Å². The van der Waals surface area contributed by atoms with E-state index in [1.165, 1.54) is 43.8 Å². The normalized spacial score (nSPS) is 9.43. The van der Waals surface area contributed by atoms with E-state index in [2.05, 4.69) is 101 Å². The molecule has 0 atom stereocenters. The number of aryl methyl sites for hydroxylation is 4. The van der Waals surface area contributed by atoms with E-state index in [-0.39, 0.29) is 0 Å². The van der Waals surface area contributed by atoms with Crippen molar-refractivity contribution >= 4 is 48.1 Å². The molecule has 0 heterocycles. The van der Waals surface area contributed by atoms with Gasteiger partial charge in [-0.05, 0) is 13.8 Å². The molecule has 146 valence electrons. The molecule has 0 amide bonds. The maximum atomic E-state index is 4.93. The van der Waals surface area contributed by atoms with E-state index in [1.807, 2.05) is 0 Å². The fraction of sp³-hybridized carbons (Fsp3) is 0.250. The minimum absolute atomic E-state index is 0.826. The second-order valence-corrected chi connectivity index (χ2v) is 11.4. The average molecular weight is 507 g/mol. The molecule has 4 heteroatoms. The van der Waals surface area contributed by atoms with Gasteiger partial charge in [0.1, 0.15) is 0 Å². The molecule has 0 fully saturated rings. The van der Waals surface area contributed by atoms with Crippen molar-refractivity contribution in [3.63, 3.8) is 0 Å².